The smallest absolute Gasteiger partial charge is 0.303 e. The molecule has 0 radical (unpaired) electrons. The number of carboxylic acid groups (broad SMARTS) is 1. The molecule has 1 atom stereocenters. The van der Waals surface area contributed by atoms with Gasteiger partial charge in [-0.2, -0.15) is 5.10 Å². The maximum Gasteiger partial charge on any atom is 0.303 e. The van der Waals surface area contributed by atoms with Crippen LogP contribution in [0.25, 0.3) is 10.6 Å². The van der Waals surface area contributed by atoms with E-state index >= 15 is 0 Å². The highest BCUT2D eigenvalue weighted by atomic mass is 32.1. The van der Waals surface area contributed by atoms with Gasteiger partial charge in [-0.05, 0) is 29.9 Å². The van der Waals surface area contributed by atoms with Crippen molar-refractivity contribution in [3.8, 4) is 10.6 Å². The van der Waals surface area contributed by atoms with Crippen LogP contribution in [0.3, 0.4) is 0 Å². The third-order valence-electron chi connectivity index (χ3n) is 4.10. The van der Waals surface area contributed by atoms with E-state index in [0.29, 0.717) is 13.0 Å². The van der Waals surface area contributed by atoms with Crippen molar-refractivity contribution in [1.82, 2.24) is 15.5 Å². The molecule has 0 bridgehead atoms. The van der Waals surface area contributed by atoms with E-state index in [1.807, 2.05) is 35.8 Å². The normalized spacial score (nSPS) is 12.2. The predicted molar refractivity (Wildman–Crippen MR) is 99.5 cm³/mol. The molecule has 1 unspecified atom stereocenters. The monoisotopic (exact) mass is 355 g/mol. The Hall–Kier alpha value is -2.44. The Bertz CT molecular complexity index is 784. The second-order valence-electron chi connectivity index (χ2n) is 5.95. The fourth-order valence-electron chi connectivity index (χ4n) is 2.81. The third-order valence-corrected chi connectivity index (χ3v) is 4.99. The zero-order valence-electron chi connectivity index (χ0n) is 13.8. The fraction of sp³-hybridized carbons (Fsp3) is 0.263. The van der Waals surface area contributed by atoms with Crippen molar-refractivity contribution in [2.75, 3.05) is 0 Å². The van der Waals surface area contributed by atoms with E-state index in [9.17, 15) is 4.79 Å². The molecule has 6 heteroatoms. The number of carbonyl (C=O) groups is 1. The zero-order valence-corrected chi connectivity index (χ0v) is 14.6. The van der Waals surface area contributed by atoms with Gasteiger partial charge < -0.3 is 10.4 Å². The number of nitrogens with zero attached hydrogens (tertiary/aromatic N) is 1. The Balaban J connectivity index is 1.66. The lowest BCUT2D eigenvalue weighted by atomic mass is 10.0. The minimum absolute atomic E-state index is 0.101. The Kier molecular flexibility index (Phi) is 5.98. The van der Waals surface area contributed by atoms with Gasteiger partial charge in [-0.15, -0.1) is 11.3 Å². The molecule has 0 saturated carbocycles. The van der Waals surface area contributed by atoms with Crippen LogP contribution in [0.15, 0.2) is 54.0 Å². The predicted octanol–water partition coefficient (Wildman–Crippen LogP) is 3.70. The highest BCUT2D eigenvalue weighted by Crippen LogP contribution is 2.25. The first-order valence-corrected chi connectivity index (χ1v) is 9.15. The largest absolute Gasteiger partial charge is 0.481 e. The second-order valence-corrected chi connectivity index (χ2v) is 6.90. The molecule has 130 valence electrons. The first-order valence-electron chi connectivity index (χ1n) is 8.27. The molecule has 2 heterocycles. The summed E-state index contributed by atoms with van der Waals surface area (Å²) in [5, 5.41) is 21.8. The van der Waals surface area contributed by atoms with Gasteiger partial charge in [0.1, 0.15) is 0 Å². The van der Waals surface area contributed by atoms with E-state index < -0.39 is 5.97 Å². The van der Waals surface area contributed by atoms with Gasteiger partial charge in [0.05, 0.1) is 16.8 Å². The van der Waals surface area contributed by atoms with E-state index in [1.54, 1.807) is 11.3 Å². The number of rotatable bonds is 9. The Morgan fingerprint density at radius 2 is 2.08 bits per heavy atom. The standard InChI is InChI=1S/C19H21N3O2S/c23-18(24)9-8-16(11-14-5-2-1-3-6-14)20-12-15-13-21-22-19(15)17-7-4-10-25-17/h1-7,10,13,16,20H,8-9,11-12H2,(H,21,22)(H,23,24). The highest BCUT2D eigenvalue weighted by molar-refractivity contribution is 7.13. The van der Waals surface area contributed by atoms with Gasteiger partial charge in [0, 0.05) is 24.6 Å². The van der Waals surface area contributed by atoms with Crippen molar-refractivity contribution in [3.05, 3.63) is 65.2 Å². The topological polar surface area (TPSA) is 78.0 Å². The van der Waals surface area contributed by atoms with Crippen LogP contribution in [0, 0.1) is 0 Å². The molecule has 1 aromatic carbocycles. The minimum atomic E-state index is -0.762. The number of aliphatic carboxylic acids is 1. The van der Waals surface area contributed by atoms with Gasteiger partial charge in [-0.25, -0.2) is 0 Å². The number of aromatic nitrogens is 2. The summed E-state index contributed by atoms with van der Waals surface area (Å²) in [5.41, 5.74) is 3.33. The first-order chi connectivity index (χ1) is 12.2. The van der Waals surface area contributed by atoms with Crippen LogP contribution in [0.1, 0.15) is 24.0 Å². The molecule has 0 aliphatic heterocycles. The summed E-state index contributed by atoms with van der Waals surface area (Å²) in [6, 6.07) is 14.3. The maximum atomic E-state index is 11.0. The van der Waals surface area contributed by atoms with E-state index in [0.717, 1.165) is 22.6 Å². The average molecular weight is 355 g/mol. The third kappa shape index (κ3) is 5.01. The van der Waals surface area contributed by atoms with Crippen molar-refractivity contribution in [1.29, 1.82) is 0 Å². The first kappa shape index (κ1) is 17.4. The molecule has 3 aromatic rings. The van der Waals surface area contributed by atoms with Crippen molar-refractivity contribution in [2.24, 2.45) is 0 Å². The molecule has 0 aliphatic carbocycles. The Labute approximate surface area is 150 Å². The van der Waals surface area contributed by atoms with Crippen LogP contribution in [-0.4, -0.2) is 27.3 Å². The van der Waals surface area contributed by atoms with Gasteiger partial charge in [0.15, 0.2) is 0 Å². The Morgan fingerprint density at radius 1 is 1.24 bits per heavy atom. The van der Waals surface area contributed by atoms with Crippen LogP contribution in [-0.2, 0) is 17.8 Å². The summed E-state index contributed by atoms with van der Waals surface area (Å²) in [5.74, 6) is -0.762. The molecule has 0 aliphatic rings. The van der Waals surface area contributed by atoms with Crippen molar-refractivity contribution >= 4 is 17.3 Å². The summed E-state index contributed by atoms with van der Waals surface area (Å²) in [6.07, 6.45) is 3.39. The lowest BCUT2D eigenvalue weighted by Gasteiger charge is -2.18. The molecule has 3 N–H and O–H groups in total. The van der Waals surface area contributed by atoms with E-state index in [-0.39, 0.29) is 12.5 Å². The zero-order chi connectivity index (χ0) is 17.5. The number of nitrogens with one attached hydrogen (secondary N) is 2. The number of benzene rings is 1. The number of hydrogen-bond acceptors (Lipinski definition) is 4. The van der Waals surface area contributed by atoms with Gasteiger partial charge in [0.25, 0.3) is 0 Å². The highest BCUT2D eigenvalue weighted by Gasteiger charge is 2.14. The lowest BCUT2D eigenvalue weighted by molar-refractivity contribution is -0.137. The van der Waals surface area contributed by atoms with Crippen LogP contribution in [0.2, 0.25) is 0 Å². The number of H-pyrrole nitrogens is 1. The summed E-state index contributed by atoms with van der Waals surface area (Å²) < 4.78 is 0. The van der Waals surface area contributed by atoms with Crippen molar-refractivity contribution < 1.29 is 9.90 Å². The summed E-state index contributed by atoms with van der Waals surface area (Å²) in [7, 11) is 0. The Morgan fingerprint density at radius 3 is 2.80 bits per heavy atom. The number of thiophene rings is 1. The van der Waals surface area contributed by atoms with Crippen LogP contribution < -0.4 is 5.32 Å². The lowest BCUT2D eigenvalue weighted by Crippen LogP contribution is -2.31. The van der Waals surface area contributed by atoms with E-state index in [1.165, 1.54) is 5.56 Å². The van der Waals surface area contributed by atoms with Crippen LogP contribution >= 0.6 is 11.3 Å². The molecule has 0 fully saturated rings. The molecule has 0 saturated heterocycles. The van der Waals surface area contributed by atoms with Crippen LogP contribution in [0.4, 0.5) is 0 Å². The van der Waals surface area contributed by atoms with Gasteiger partial charge in [0.2, 0.25) is 0 Å². The van der Waals surface area contributed by atoms with Crippen LogP contribution in [0.5, 0.6) is 0 Å². The molecule has 0 amide bonds. The quantitative estimate of drug-likeness (QED) is 0.547. The van der Waals surface area contributed by atoms with Gasteiger partial charge in [-0.1, -0.05) is 36.4 Å². The van der Waals surface area contributed by atoms with E-state index in [2.05, 4.69) is 33.7 Å². The fourth-order valence-corrected chi connectivity index (χ4v) is 3.56. The molecular weight excluding hydrogens is 334 g/mol. The SMILES string of the molecule is O=C(O)CCC(Cc1ccccc1)NCc1cn[nH]c1-c1cccs1. The molecule has 0 spiro atoms. The van der Waals surface area contributed by atoms with Crippen molar-refractivity contribution in [2.45, 2.75) is 31.8 Å². The summed E-state index contributed by atoms with van der Waals surface area (Å²) >= 11 is 1.67. The van der Waals surface area contributed by atoms with Crippen molar-refractivity contribution in [3.63, 3.8) is 0 Å². The molecule has 2 aromatic heterocycles. The minimum Gasteiger partial charge on any atom is -0.481 e. The second kappa shape index (κ2) is 8.60. The summed E-state index contributed by atoms with van der Waals surface area (Å²) in [4.78, 5) is 12.1. The molecule has 5 nitrogen and oxygen atoms in total. The molecular formula is C19H21N3O2S. The number of hydrogen-bond donors (Lipinski definition) is 3. The van der Waals surface area contributed by atoms with Gasteiger partial charge >= 0.3 is 5.97 Å². The number of carboxylic acids is 1. The van der Waals surface area contributed by atoms with E-state index in [4.69, 9.17) is 5.11 Å². The van der Waals surface area contributed by atoms with Gasteiger partial charge in [-0.3, -0.25) is 9.89 Å². The average Bonchev–Trinajstić information content (AvgIpc) is 3.29. The molecule has 25 heavy (non-hydrogen) atoms. The number of aromatic amines is 1. The summed E-state index contributed by atoms with van der Waals surface area (Å²) in [6.45, 7) is 0.654. The maximum absolute atomic E-state index is 11.0. The molecule has 3 rings (SSSR count).